The van der Waals surface area contributed by atoms with Gasteiger partial charge in [0.1, 0.15) is 5.82 Å². The second kappa shape index (κ2) is 5.97. The van der Waals surface area contributed by atoms with Gasteiger partial charge in [0.15, 0.2) is 5.84 Å². The van der Waals surface area contributed by atoms with E-state index in [9.17, 15) is 9.18 Å². The Hall–Kier alpha value is -2.69. The number of amides is 1. The Bertz CT molecular complexity index is 716. The third kappa shape index (κ3) is 2.70. The number of amidine groups is 1. The summed E-state index contributed by atoms with van der Waals surface area (Å²) < 4.78 is 14.0. The first-order valence-electron chi connectivity index (χ1n) is 7.01. The van der Waals surface area contributed by atoms with E-state index in [-0.39, 0.29) is 17.3 Å². The minimum absolute atomic E-state index is 0.199. The molecule has 0 bridgehead atoms. The normalized spacial score (nSPS) is 17.9. The predicted molar refractivity (Wildman–Crippen MR) is 80.5 cm³/mol. The molecule has 0 radical (unpaired) electrons. The van der Waals surface area contributed by atoms with E-state index < -0.39 is 11.9 Å². The third-order valence-corrected chi connectivity index (χ3v) is 3.47. The number of oxime groups is 1. The number of carbonyl (C=O) groups is 1. The van der Waals surface area contributed by atoms with Gasteiger partial charge in [-0.2, -0.15) is 0 Å². The molecule has 5 heteroatoms. The molecule has 0 spiro atoms. The molecule has 1 unspecified atom stereocenters. The molecular weight excluding hydrogens is 283 g/mol. The Labute approximate surface area is 127 Å². The summed E-state index contributed by atoms with van der Waals surface area (Å²) in [5.41, 5.74) is 1.19. The van der Waals surface area contributed by atoms with E-state index in [0.717, 1.165) is 5.56 Å². The van der Waals surface area contributed by atoms with Gasteiger partial charge in [-0.15, -0.1) is 0 Å². The molecule has 0 fully saturated rings. The molecule has 2 aromatic carbocycles. The van der Waals surface area contributed by atoms with Crippen molar-refractivity contribution in [1.29, 1.82) is 0 Å². The Kier molecular flexibility index (Phi) is 3.87. The van der Waals surface area contributed by atoms with Gasteiger partial charge in [-0.1, -0.05) is 47.6 Å². The summed E-state index contributed by atoms with van der Waals surface area (Å²) in [5, 5.41) is 3.95. The van der Waals surface area contributed by atoms with Crippen molar-refractivity contribution in [2.24, 2.45) is 5.16 Å². The molecule has 112 valence electrons. The molecule has 0 saturated heterocycles. The molecular formula is C17H15FN2O2. The molecule has 0 N–H and O–H groups in total. The predicted octanol–water partition coefficient (Wildman–Crippen LogP) is 2.93. The summed E-state index contributed by atoms with van der Waals surface area (Å²) >= 11 is 0. The van der Waals surface area contributed by atoms with Crippen LogP contribution in [0.4, 0.5) is 4.39 Å². The van der Waals surface area contributed by atoms with Crippen molar-refractivity contribution in [3.05, 3.63) is 71.5 Å². The second-order valence-electron chi connectivity index (χ2n) is 5.05. The number of hydrogen-bond donors (Lipinski definition) is 0. The van der Waals surface area contributed by atoms with E-state index in [4.69, 9.17) is 4.84 Å². The van der Waals surface area contributed by atoms with Crippen LogP contribution >= 0.6 is 0 Å². The summed E-state index contributed by atoms with van der Waals surface area (Å²) in [7, 11) is 0. The van der Waals surface area contributed by atoms with Crippen LogP contribution in [-0.4, -0.2) is 22.7 Å². The topological polar surface area (TPSA) is 41.9 Å². The quantitative estimate of drug-likeness (QED) is 0.874. The zero-order chi connectivity index (χ0) is 15.5. The first kappa shape index (κ1) is 14.3. The number of hydrogen-bond acceptors (Lipinski definition) is 3. The highest BCUT2D eigenvalue weighted by atomic mass is 19.1. The Morgan fingerprint density at radius 2 is 1.82 bits per heavy atom. The first-order chi connectivity index (χ1) is 10.7. The lowest BCUT2D eigenvalue weighted by Gasteiger charge is -2.30. The molecule has 1 aliphatic rings. The highest BCUT2D eigenvalue weighted by molar-refractivity contribution is 6.09. The fourth-order valence-corrected chi connectivity index (χ4v) is 2.30. The van der Waals surface area contributed by atoms with Crippen molar-refractivity contribution in [2.45, 2.75) is 19.6 Å². The van der Waals surface area contributed by atoms with E-state index in [1.54, 1.807) is 25.1 Å². The van der Waals surface area contributed by atoms with Gasteiger partial charge in [-0.05, 0) is 24.6 Å². The van der Waals surface area contributed by atoms with Gasteiger partial charge >= 0.3 is 0 Å². The van der Waals surface area contributed by atoms with Gasteiger partial charge in [0.25, 0.3) is 5.91 Å². The van der Waals surface area contributed by atoms with Crippen molar-refractivity contribution in [3.63, 3.8) is 0 Å². The average Bonchev–Trinajstić information content (AvgIpc) is 2.54. The highest BCUT2D eigenvalue weighted by Gasteiger charge is 2.32. The number of carbonyl (C=O) groups excluding carboxylic acids is 1. The molecule has 1 atom stereocenters. The van der Waals surface area contributed by atoms with Crippen LogP contribution in [-0.2, 0) is 16.2 Å². The highest BCUT2D eigenvalue weighted by Crippen LogP contribution is 2.19. The molecule has 0 aliphatic carbocycles. The molecule has 0 aromatic heterocycles. The number of halogens is 1. The smallest absolute Gasteiger partial charge is 0.272 e. The molecule has 4 nitrogen and oxygen atoms in total. The lowest BCUT2D eigenvalue weighted by molar-refractivity contribution is -0.142. The van der Waals surface area contributed by atoms with Crippen LogP contribution in [0.3, 0.4) is 0 Å². The fourth-order valence-electron chi connectivity index (χ4n) is 2.30. The lowest BCUT2D eigenvalue weighted by Crippen LogP contribution is -2.46. The van der Waals surface area contributed by atoms with Crippen LogP contribution in [0.2, 0.25) is 0 Å². The Morgan fingerprint density at radius 1 is 1.14 bits per heavy atom. The van der Waals surface area contributed by atoms with E-state index in [1.807, 2.05) is 30.3 Å². The molecule has 0 saturated carbocycles. The first-order valence-corrected chi connectivity index (χ1v) is 7.01. The number of benzene rings is 2. The van der Waals surface area contributed by atoms with Crippen LogP contribution in [0.1, 0.15) is 18.1 Å². The van der Waals surface area contributed by atoms with Crippen molar-refractivity contribution < 1.29 is 14.0 Å². The van der Waals surface area contributed by atoms with Gasteiger partial charge < -0.3 is 4.84 Å². The minimum atomic E-state index is -0.681. The fraction of sp³-hybridized carbons (Fsp3) is 0.176. The molecule has 1 amide bonds. The van der Waals surface area contributed by atoms with E-state index in [2.05, 4.69) is 5.16 Å². The van der Waals surface area contributed by atoms with Crippen LogP contribution in [0.15, 0.2) is 59.8 Å². The maximum absolute atomic E-state index is 14.0. The monoisotopic (exact) mass is 298 g/mol. The van der Waals surface area contributed by atoms with Crippen LogP contribution in [0.5, 0.6) is 0 Å². The van der Waals surface area contributed by atoms with Crippen molar-refractivity contribution in [1.82, 2.24) is 4.90 Å². The Morgan fingerprint density at radius 3 is 2.55 bits per heavy atom. The van der Waals surface area contributed by atoms with Crippen molar-refractivity contribution in [3.8, 4) is 0 Å². The van der Waals surface area contributed by atoms with Crippen LogP contribution in [0, 0.1) is 5.82 Å². The minimum Gasteiger partial charge on any atom is -0.381 e. The van der Waals surface area contributed by atoms with E-state index in [1.165, 1.54) is 11.0 Å². The summed E-state index contributed by atoms with van der Waals surface area (Å²) in [5.74, 6) is -0.479. The van der Waals surface area contributed by atoms with Gasteiger partial charge in [-0.3, -0.25) is 9.69 Å². The van der Waals surface area contributed by atoms with Crippen molar-refractivity contribution in [2.75, 3.05) is 0 Å². The van der Waals surface area contributed by atoms with Gasteiger partial charge in [0.05, 0.1) is 12.1 Å². The van der Waals surface area contributed by atoms with Crippen LogP contribution < -0.4 is 0 Å². The molecule has 3 rings (SSSR count). The van der Waals surface area contributed by atoms with Crippen molar-refractivity contribution >= 4 is 11.7 Å². The maximum atomic E-state index is 14.0. The largest absolute Gasteiger partial charge is 0.381 e. The van der Waals surface area contributed by atoms with Gasteiger partial charge in [0, 0.05) is 0 Å². The second-order valence-corrected chi connectivity index (χ2v) is 5.05. The summed E-state index contributed by atoms with van der Waals surface area (Å²) in [6.45, 7) is 1.95. The molecule has 1 heterocycles. The zero-order valence-corrected chi connectivity index (χ0v) is 12.1. The third-order valence-electron chi connectivity index (χ3n) is 3.47. The lowest BCUT2D eigenvalue weighted by atomic mass is 10.1. The Balaban J connectivity index is 1.99. The molecule has 1 aliphatic heterocycles. The SMILES string of the molecule is CC1ON=C(c2ccccc2F)N(Cc2ccccc2)C1=O. The standard InChI is InChI=1S/C17H15FN2O2/c1-12-17(21)20(11-13-7-3-2-4-8-13)16(19-22-12)14-9-5-6-10-15(14)18/h2-10,12H,11H2,1H3. The van der Waals surface area contributed by atoms with Crippen LogP contribution in [0.25, 0.3) is 0 Å². The zero-order valence-electron chi connectivity index (χ0n) is 12.1. The van der Waals surface area contributed by atoms with Gasteiger partial charge in [0.2, 0.25) is 6.10 Å². The summed E-state index contributed by atoms with van der Waals surface area (Å²) in [4.78, 5) is 19.0. The molecule has 22 heavy (non-hydrogen) atoms. The van der Waals surface area contributed by atoms with E-state index in [0.29, 0.717) is 6.54 Å². The summed E-state index contributed by atoms with van der Waals surface area (Å²) in [6, 6.07) is 15.7. The average molecular weight is 298 g/mol. The summed E-state index contributed by atoms with van der Waals surface area (Å²) in [6.07, 6.45) is -0.681. The molecule has 2 aromatic rings. The maximum Gasteiger partial charge on any atom is 0.272 e. The van der Waals surface area contributed by atoms with E-state index >= 15 is 0 Å². The number of rotatable bonds is 3. The van der Waals surface area contributed by atoms with Gasteiger partial charge in [-0.25, -0.2) is 4.39 Å². The number of nitrogens with zero attached hydrogens (tertiary/aromatic N) is 2.